The van der Waals surface area contributed by atoms with Crippen LogP contribution in [0.5, 0.6) is 5.75 Å². The minimum absolute atomic E-state index is 0.126. The van der Waals surface area contributed by atoms with E-state index in [1.165, 1.54) is 12.1 Å². The summed E-state index contributed by atoms with van der Waals surface area (Å²) < 4.78 is 5.14. The molecule has 0 spiro atoms. The number of hydrogen-bond donors (Lipinski definition) is 2. The molecular weight excluding hydrogens is 262 g/mol. The Kier molecular flexibility index (Phi) is 5.71. The van der Waals surface area contributed by atoms with E-state index in [1.54, 1.807) is 12.1 Å². The van der Waals surface area contributed by atoms with Crippen molar-refractivity contribution < 1.29 is 24.2 Å². The van der Waals surface area contributed by atoms with E-state index in [1.807, 2.05) is 13.8 Å². The number of amides is 1. The number of benzene rings is 1. The Morgan fingerprint density at radius 1 is 1.25 bits per heavy atom. The highest BCUT2D eigenvalue weighted by molar-refractivity contribution is 5.98. The van der Waals surface area contributed by atoms with Gasteiger partial charge in [0.25, 0.3) is 5.91 Å². The number of nitrogens with one attached hydrogen (secondary N) is 1. The molecule has 0 aliphatic heterocycles. The number of ether oxygens (including phenoxy) is 1. The zero-order valence-corrected chi connectivity index (χ0v) is 11.4. The molecule has 0 saturated carbocycles. The number of rotatable bonds is 6. The van der Waals surface area contributed by atoms with Crippen LogP contribution < -0.4 is 10.1 Å². The Balaban J connectivity index is 2.79. The molecule has 0 radical (unpaired) electrons. The third kappa shape index (κ3) is 5.09. The number of aliphatic carboxylic acids is 1. The summed E-state index contributed by atoms with van der Waals surface area (Å²) in [6, 6.07) is 6.20. The number of hydrogen-bond acceptors (Lipinski definition) is 4. The fraction of sp³-hybridized carbons (Fsp3) is 0.357. The van der Waals surface area contributed by atoms with Crippen LogP contribution in [0.15, 0.2) is 24.3 Å². The van der Waals surface area contributed by atoms with E-state index >= 15 is 0 Å². The van der Waals surface area contributed by atoms with Gasteiger partial charge in [-0.25, -0.2) is 0 Å². The van der Waals surface area contributed by atoms with Gasteiger partial charge in [-0.3, -0.25) is 14.4 Å². The van der Waals surface area contributed by atoms with Gasteiger partial charge in [0.05, 0.1) is 5.56 Å². The molecule has 1 rings (SSSR count). The summed E-state index contributed by atoms with van der Waals surface area (Å²) in [5.74, 6) is -1.90. The van der Waals surface area contributed by atoms with Crippen molar-refractivity contribution in [2.24, 2.45) is 5.92 Å². The van der Waals surface area contributed by atoms with Crippen molar-refractivity contribution in [1.29, 1.82) is 0 Å². The average Bonchev–Trinajstić information content (AvgIpc) is 2.35. The molecule has 0 aromatic heterocycles. The Morgan fingerprint density at radius 2 is 1.90 bits per heavy atom. The predicted octanol–water partition coefficient (Wildman–Crippen LogP) is 1.45. The van der Waals surface area contributed by atoms with Crippen molar-refractivity contribution in [3.8, 4) is 5.75 Å². The van der Waals surface area contributed by atoms with Gasteiger partial charge in [-0.15, -0.1) is 0 Å². The third-order valence-electron chi connectivity index (χ3n) is 2.33. The lowest BCUT2D eigenvalue weighted by Crippen LogP contribution is -2.29. The van der Waals surface area contributed by atoms with Crippen LogP contribution in [0.25, 0.3) is 0 Å². The molecule has 0 heterocycles. The second-order valence-electron chi connectivity index (χ2n) is 4.64. The van der Waals surface area contributed by atoms with E-state index in [4.69, 9.17) is 9.84 Å². The van der Waals surface area contributed by atoms with Gasteiger partial charge in [-0.1, -0.05) is 26.0 Å². The van der Waals surface area contributed by atoms with E-state index < -0.39 is 24.4 Å². The smallest absolute Gasteiger partial charge is 0.322 e. The highest BCUT2D eigenvalue weighted by Crippen LogP contribution is 2.19. The van der Waals surface area contributed by atoms with E-state index in [0.29, 0.717) is 0 Å². The topological polar surface area (TPSA) is 92.7 Å². The standard InChI is InChI=1S/C14H17NO5/c1-9(2)7-13(18)20-11-6-4-3-5-10(11)14(19)15-8-12(16)17/h3-6,9H,7-8H2,1-2H3,(H,15,19)(H,16,17). The number of carbonyl (C=O) groups is 3. The quantitative estimate of drug-likeness (QED) is 0.607. The molecule has 2 N–H and O–H groups in total. The van der Waals surface area contributed by atoms with Gasteiger partial charge in [0.2, 0.25) is 0 Å². The Morgan fingerprint density at radius 3 is 2.50 bits per heavy atom. The maximum atomic E-state index is 11.8. The Labute approximate surface area is 116 Å². The van der Waals surface area contributed by atoms with Crippen molar-refractivity contribution in [2.45, 2.75) is 20.3 Å². The van der Waals surface area contributed by atoms with Crippen molar-refractivity contribution in [1.82, 2.24) is 5.32 Å². The van der Waals surface area contributed by atoms with Gasteiger partial charge in [0.15, 0.2) is 0 Å². The molecule has 0 unspecified atom stereocenters. The molecule has 1 amide bonds. The molecule has 6 nitrogen and oxygen atoms in total. The molecule has 1 aromatic carbocycles. The Hall–Kier alpha value is -2.37. The van der Waals surface area contributed by atoms with E-state index in [0.717, 1.165) is 0 Å². The second-order valence-corrected chi connectivity index (χ2v) is 4.64. The molecular formula is C14H17NO5. The minimum atomic E-state index is -1.15. The minimum Gasteiger partial charge on any atom is -0.480 e. The molecule has 108 valence electrons. The zero-order chi connectivity index (χ0) is 15.1. The van der Waals surface area contributed by atoms with Crippen molar-refractivity contribution in [3.05, 3.63) is 29.8 Å². The van der Waals surface area contributed by atoms with E-state index in [-0.39, 0.29) is 23.7 Å². The first-order chi connectivity index (χ1) is 9.40. The van der Waals surface area contributed by atoms with Gasteiger partial charge in [-0.2, -0.15) is 0 Å². The normalized spacial score (nSPS) is 10.2. The van der Waals surface area contributed by atoms with Crippen LogP contribution in [0.4, 0.5) is 0 Å². The van der Waals surface area contributed by atoms with Crippen LogP contribution in [0.1, 0.15) is 30.6 Å². The van der Waals surface area contributed by atoms with Gasteiger partial charge < -0.3 is 15.2 Å². The average molecular weight is 279 g/mol. The van der Waals surface area contributed by atoms with Crippen LogP contribution >= 0.6 is 0 Å². The number of para-hydroxylation sites is 1. The third-order valence-corrected chi connectivity index (χ3v) is 2.33. The number of carboxylic acids is 1. The fourth-order valence-corrected chi connectivity index (χ4v) is 1.49. The predicted molar refractivity (Wildman–Crippen MR) is 71.5 cm³/mol. The molecule has 0 bridgehead atoms. The molecule has 20 heavy (non-hydrogen) atoms. The van der Waals surface area contributed by atoms with Gasteiger partial charge >= 0.3 is 11.9 Å². The summed E-state index contributed by atoms with van der Waals surface area (Å²) in [6.07, 6.45) is 0.241. The maximum absolute atomic E-state index is 11.8. The number of carboxylic acid groups (broad SMARTS) is 1. The second kappa shape index (κ2) is 7.28. The lowest BCUT2D eigenvalue weighted by Gasteiger charge is -2.10. The summed E-state index contributed by atoms with van der Waals surface area (Å²) in [4.78, 5) is 33.8. The fourth-order valence-electron chi connectivity index (χ4n) is 1.49. The van der Waals surface area contributed by atoms with Crippen LogP contribution in [-0.2, 0) is 9.59 Å². The van der Waals surface area contributed by atoms with Crippen molar-refractivity contribution >= 4 is 17.8 Å². The van der Waals surface area contributed by atoms with Crippen LogP contribution in [0.2, 0.25) is 0 Å². The van der Waals surface area contributed by atoms with Crippen molar-refractivity contribution in [2.75, 3.05) is 6.54 Å². The largest absolute Gasteiger partial charge is 0.480 e. The molecule has 0 saturated heterocycles. The van der Waals surface area contributed by atoms with Crippen molar-refractivity contribution in [3.63, 3.8) is 0 Å². The molecule has 1 aromatic rings. The highest BCUT2D eigenvalue weighted by atomic mass is 16.5. The zero-order valence-electron chi connectivity index (χ0n) is 11.4. The lowest BCUT2D eigenvalue weighted by molar-refractivity contribution is -0.136. The molecule has 0 aliphatic rings. The maximum Gasteiger partial charge on any atom is 0.322 e. The molecule has 0 fully saturated rings. The summed E-state index contributed by atoms with van der Waals surface area (Å²) >= 11 is 0. The van der Waals surface area contributed by atoms with E-state index in [2.05, 4.69) is 5.32 Å². The first-order valence-electron chi connectivity index (χ1n) is 6.20. The SMILES string of the molecule is CC(C)CC(=O)Oc1ccccc1C(=O)NCC(=O)O. The summed E-state index contributed by atoms with van der Waals surface area (Å²) in [7, 11) is 0. The van der Waals surface area contributed by atoms with Crippen LogP contribution in [-0.4, -0.2) is 29.5 Å². The number of carbonyl (C=O) groups excluding carboxylic acids is 2. The van der Waals surface area contributed by atoms with Gasteiger partial charge in [-0.05, 0) is 18.1 Å². The van der Waals surface area contributed by atoms with E-state index in [9.17, 15) is 14.4 Å². The summed E-state index contributed by atoms with van der Waals surface area (Å²) in [5.41, 5.74) is 0.130. The first-order valence-corrected chi connectivity index (χ1v) is 6.20. The summed E-state index contributed by atoms with van der Waals surface area (Å²) in [6.45, 7) is 3.27. The molecule has 0 aliphatic carbocycles. The lowest BCUT2D eigenvalue weighted by atomic mass is 10.1. The molecule has 0 atom stereocenters. The first kappa shape index (κ1) is 15.7. The van der Waals surface area contributed by atoms with Gasteiger partial charge in [0, 0.05) is 6.42 Å². The number of esters is 1. The van der Waals surface area contributed by atoms with Gasteiger partial charge in [0.1, 0.15) is 12.3 Å². The Bertz CT molecular complexity index is 510. The highest BCUT2D eigenvalue weighted by Gasteiger charge is 2.16. The van der Waals surface area contributed by atoms with Crippen LogP contribution in [0, 0.1) is 5.92 Å². The van der Waals surface area contributed by atoms with Crippen LogP contribution in [0.3, 0.4) is 0 Å². The monoisotopic (exact) mass is 279 g/mol. The summed E-state index contributed by atoms with van der Waals surface area (Å²) in [5, 5.41) is 10.7. The molecule has 6 heteroatoms.